The zero-order valence-electron chi connectivity index (χ0n) is 16.9. The van der Waals surface area contributed by atoms with E-state index in [0.717, 1.165) is 37.5 Å². The number of carbonyl (C=O) groups is 3. The second-order valence-electron chi connectivity index (χ2n) is 7.80. The summed E-state index contributed by atoms with van der Waals surface area (Å²) in [6.45, 7) is 6.72. The molecule has 2 aliphatic rings. The number of amides is 3. The molecule has 1 saturated heterocycles. The first-order chi connectivity index (χ1) is 13.9. The van der Waals surface area contributed by atoms with E-state index in [1.165, 1.54) is 11.8 Å². The van der Waals surface area contributed by atoms with Crippen LogP contribution in [0.3, 0.4) is 0 Å². The summed E-state index contributed by atoms with van der Waals surface area (Å²) < 4.78 is 0. The number of aliphatic imine (C=N–C) groups is 1. The Morgan fingerprint density at radius 3 is 2.55 bits per heavy atom. The lowest BCUT2D eigenvalue weighted by Gasteiger charge is -2.16. The minimum Gasteiger partial charge on any atom is -0.352 e. The van der Waals surface area contributed by atoms with Crippen LogP contribution >= 0.6 is 11.8 Å². The van der Waals surface area contributed by atoms with Crippen molar-refractivity contribution >= 4 is 40.3 Å². The molecular weight excluding hydrogens is 388 g/mol. The number of amidine groups is 1. The second-order valence-corrected chi connectivity index (χ2v) is 8.97. The molecule has 0 spiro atoms. The van der Waals surface area contributed by atoms with Crippen molar-refractivity contribution in [2.45, 2.75) is 44.8 Å². The van der Waals surface area contributed by atoms with Crippen molar-refractivity contribution < 1.29 is 14.4 Å². The number of hydrogen-bond acceptors (Lipinski definition) is 5. The topological polar surface area (TPSA) is 90.9 Å². The lowest BCUT2D eigenvalue weighted by atomic mass is 10.1. The summed E-state index contributed by atoms with van der Waals surface area (Å²) in [5, 5.41) is 5.97. The van der Waals surface area contributed by atoms with Gasteiger partial charge in [0.15, 0.2) is 5.17 Å². The van der Waals surface area contributed by atoms with E-state index in [1.54, 1.807) is 24.3 Å². The Bertz CT molecular complexity index is 786. The van der Waals surface area contributed by atoms with Crippen LogP contribution in [0.15, 0.2) is 29.3 Å². The Labute approximate surface area is 175 Å². The smallest absolute Gasteiger partial charge is 0.262 e. The molecule has 3 rings (SSSR count). The molecule has 0 bridgehead atoms. The third-order valence-electron chi connectivity index (χ3n) is 4.91. The molecule has 0 aliphatic carbocycles. The van der Waals surface area contributed by atoms with E-state index in [-0.39, 0.29) is 24.1 Å². The van der Waals surface area contributed by atoms with Gasteiger partial charge in [-0.25, -0.2) is 0 Å². The Morgan fingerprint density at radius 2 is 1.90 bits per heavy atom. The van der Waals surface area contributed by atoms with E-state index in [1.807, 2.05) is 0 Å². The van der Waals surface area contributed by atoms with Gasteiger partial charge in [0.1, 0.15) is 5.25 Å². The van der Waals surface area contributed by atoms with Gasteiger partial charge in [0, 0.05) is 37.3 Å². The number of rotatable bonds is 7. The van der Waals surface area contributed by atoms with Crippen LogP contribution < -0.4 is 10.6 Å². The number of likely N-dealkylation sites (tertiary alicyclic amines) is 1. The number of nitrogens with one attached hydrogen (secondary N) is 2. The summed E-state index contributed by atoms with van der Waals surface area (Å²) in [5.41, 5.74) is 1.15. The molecule has 1 atom stereocenters. The average Bonchev–Trinajstić information content (AvgIpc) is 3.32. The van der Waals surface area contributed by atoms with Crippen molar-refractivity contribution in [1.29, 1.82) is 0 Å². The van der Waals surface area contributed by atoms with Crippen LogP contribution in [0.1, 0.15) is 49.9 Å². The third kappa shape index (κ3) is 6.06. The predicted molar refractivity (Wildman–Crippen MR) is 116 cm³/mol. The molecule has 2 aliphatic heterocycles. The van der Waals surface area contributed by atoms with Gasteiger partial charge in [-0.1, -0.05) is 25.6 Å². The maximum absolute atomic E-state index is 12.3. The van der Waals surface area contributed by atoms with Crippen LogP contribution in [0.2, 0.25) is 0 Å². The lowest BCUT2D eigenvalue weighted by molar-refractivity contribution is -0.121. The van der Waals surface area contributed by atoms with Gasteiger partial charge in [-0.3, -0.25) is 14.4 Å². The average molecular weight is 417 g/mol. The quantitative estimate of drug-likeness (QED) is 0.713. The number of anilines is 1. The summed E-state index contributed by atoms with van der Waals surface area (Å²) in [6.07, 6.45) is 3.25. The van der Waals surface area contributed by atoms with Crippen molar-refractivity contribution in [3.8, 4) is 0 Å². The highest BCUT2D eigenvalue weighted by Crippen LogP contribution is 2.29. The Hall–Kier alpha value is -2.35. The molecule has 2 N–H and O–H groups in total. The van der Waals surface area contributed by atoms with Gasteiger partial charge in [0.2, 0.25) is 5.91 Å². The van der Waals surface area contributed by atoms with Crippen LogP contribution in [0, 0.1) is 5.92 Å². The first-order valence-electron chi connectivity index (χ1n) is 10.1. The van der Waals surface area contributed by atoms with Gasteiger partial charge in [-0.05, 0) is 49.4 Å². The molecule has 0 radical (unpaired) electrons. The van der Waals surface area contributed by atoms with Crippen LogP contribution in [0.5, 0.6) is 0 Å². The first kappa shape index (κ1) is 21.4. The highest BCUT2D eigenvalue weighted by molar-refractivity contribution is 8.15. The van der Waals surface area contributed by atoms with Crippen LogP contribution in [-0.4, -0.2) is 52.7 Å². The fraction of sp³-hybridized carbons (Fsp3) is 0.524. The number of benzene rings is 1. The van der Waals surface area contributed by atoms with Crippen molar-refractivity contribution in [2.75, 3.05) is 25.0 Å². The SMILES string of the molecule is CC(C)CCNC(=O)c1ccc(NC(=O)CC2SC(N3CCCC3)=NC2=O)cc1. The molecule has 0 aromatic heterocycles. The van der Waals surface area contributed by atoms with E-state index in [2.05, 4.69) is 34.4 Å². The maximum atomic E-state index is 12.3. The maximum Gasteiger partial charge on any atom is 0.262 e. The highest BCUT2D eigenvalue weighted by Gasteiger charge is 2.33. The Balaban J connectivity index is 1.46. The number of hydrogen-bond donors (Lipinski definition) is 2. The molecule has 1 fully saturated rings. The van der Waals surface area contributed by atoms with E-state index >= 15 is 0 Å². The molecule has 1 aromatic rings. The summed E-state index contributed by atoms with van der Waals surface area (Å²) in [6, 6.07) is 6.77. The van der Waals surface area contributed by atoms with Gasteiger partial charge < -0.3 is 15.5 Å². The summed E-state index contributed by atoms with van der Waals surface area (Å²) in [4.78, 5) is 42.8. The van der Waals surface area contributed by atoms with Crippen LogP contribution in [-0.2, 0) is 9.59 Å². The number of thioether (sulfide) groups is 1. The van der Waals surface area contributed by atoms with Gasteiger partial charge in [-0.2, -0.15) is 4.99 Å². The van der Waals surface area contributed by atoms with Crippen molar-refractivity contribution in [1.82, 2.24) is 10.2 Å². The van der Waals surface area contributed by atoms with Gasteiger partial charge in [0.05, 0.1) is 0 Å². The minimum atomic E-state index is -0.461. The largest absolute Gasteiger partial charge is 0.352 e. The van der Waals surface area contributed by atoms with E-state index in [4.69, 9.17) is 0 Å². The van der Waals surface area contributed by atoms with Gasteiger partial charge in [0.25, 0.3) is 11.8 Å². The molecule has 1 aromatic carbocycles. The summed E-state index contributed by atoms with van der Waals surface area (Å²) >= 11 is 1.38. The lowest BCUT2D eigenvalue weighted by Crippen LogP contribution is -2.25. The van der Waals surface area contributed by atoms with Gasteiger partial charge in [-0.15, -0.1) is 0 Å². The molecule has 3 amide bonds. The number of nitrogens with zero attached hydrogens (tertiary/aromatic N) is 2. The second kappa shape index (κ2) is 9.91. The predicted octanol–water partition coefficient (Wildman–Crippen LogP) is 2.88. The standard InChI is InChI=1S/C21H28N4O3S/c1-14(2)9-10-22-19(27)15-5-7-16(8-6-15)23-18(26)13-17-20(28)24-21(29-17)25-11-3-4-12-25/h5-8,14,17H,3-4,9-13H2,1-2H3,(H,22,27)(H,23,26). The van der Waals surface area contributed by atoms with E-state index < -0.39 is 5.25 Å². The molecule has 2 heterocycles. The van der Waals surface area contributed by atoms with E-state index in [9.17, 15) is 14.4 Å². The van der Waals surface area contributed by atoms with Crippen LogP contribution in [0.4, 0.5) is 5.69 Å². The Kier molecular flexibility index (Phi) is 7.30. The fourth-order valence-electron chi connectivity index (χ4n) is 3.21. The highest BCUT2D eigenvalue weighted by atomic mass is 32.2. The third-order valence-corrected chi connectivity index (χ3v) is 6.13. The van der Waals surface area contributed by atoms with E-state index in [0.29, 0.717) is 23.7 Å². The normalized spacial score (nSPS) is 18.9. The molecular formula is C21H28N4O3S. The van der Waals surface area contributed by atoms with Gasteiger partial charge >= 0.3 is 0 Å². The summed E-state index contributed by atoms with van der Waals surface area (Å²) in [7, 11) is 0. The summed E-state index contributed by atoms with van der Waals surface area (Å²) in [5.74, 6) is -0.0546. The van der Waals surface area contributed by atoms with Crippen LogP contribution in [0.25, 0.3) is 0 Å². The fourth-order valence-corrected chi connectivity index (χ4v) is 4.33. The zero-order valence-corrected chi connectivity index (χ0v) is 17.8. The zero-order chi connectivity index (χ0) is 20.8. The Morgan fingerprint density at radius 1 is 1.21 bits per heavy atom. The van der Waals surface area contributed by atoms with Crippen molar-refractivity contribution in [2.24, 2.45) is 10.9 Å². The minimum absolute atomic E-state index is 0.0851. The molecule has 29 heavy (non-hydrogen) atoms. The molecule has 156 valence electrons. The first-order valence-corrected chi connectivity index (χ1v) is 11.0. The van der Waals surface area contributed by atoms with Crippen molar-refractivity contribution in [3.63, 3.8) is 0 Å². The molecule has 8 heteroatoms. The monoisotopic (exact) mass is 416 g/mol. The number of carbonyl (C=O) groups excluding carboxylic acids is 3. The molecule has 0 saturated carbocycles. The molecule has 7 nitrogen and oxygen atoms in total. The van der Waals surface area contributed by atoms with Crippen molar-refractivity contribution in [3.05, 3.63) is 29.8 Å². The molecule has 1 unspecified atom stereocenters.